The van der Waals surface area contributed by atoms with Crippen molar-refractivity contribution in [3.63, 3.8) is 0 Å². The number of hydrogen-bond donors (Lipinski definition) is 2. The van der Waals surface area contributed by atoms with Crippen LogP contribution in [0.25, 0.3) is 0 Å². The first-order valence-electron chi connectivity index (χ1n) is 6.22. The normalized spacial score (nSPS) is 25.8. The zero-order valence-electron chi connectivity index (χ0n) is 10.4. The van der Waals surface area contributed by atoms with E-state index < -0.39 is 0 Å². The number of nitrogens with zero attached hydrogens (tertiary/aromatic N) is 1. The van der Waals surface area contributed by atoms with Gasteiger partial charge in [0.05, 0.1) is 13.2 Å². The van der Waals surface area contributed by atoms with Gasteiger partial charge < -0.3 is 10.4 Å². The molecule has 0 saturated heterocycles. The lowest BCUT2D eigenvalue weighted by molar-refractivity contribution is -0.123. The van der Waals surface area contributed by atoms with Crippen molar-refractivity contribution in [2.75, 3.05) is 26.7 Å². The first-order chi connectivity index (χ1) is 7.63. The molecule has 16 heavy (non-hydrogen) atoms. The second kappa shape index (κ2) is 6.86. The maximum absolute atomic E-state index is 11.7. The van der Waals surface area contributed by atoms with E-state index in [2.05, 4.69) is 12.2 Å². The van der Waals surface area contributed by atoms with Gasteiger partial charge in [0.2, 0.25) is 5.91 Å². The van der Waals surface area contributed by atoms with Crippen molar-refractivity contribution in [3.05, 3.63) is 0 Å². The van der Waals surface area contributed by atoms with Crippen LogP contribution >= 0.6 is 0 Å². The fourth-order valence-electron chi connectivity index (χ4n) is 2.28. The number of carbonyl (C=O) groups is 1. The fraction of sp³-hybridized carbons (Fsp3) is 0.917. The highest BCUT2D eigenvalue weighted by Gasteiger charge is 2.22. The van der Waals surface area contributed by atoms with Gasteiger partial charge in [0, 0.05) is 12.6 Å². The molecule has 4 nitrogen and oxygen atoms in total. The van der Waals surface area contributed by atoms with Gasteiger partial charge in [-0.05, 0) is 25.8 Å². The molecule has 2 N–H and O–H groups in total. The van der Waals surface area contributed by atoms with Crippen molar-refractivity contribution < 1.29 is 9.90 Å². The van der Waals surface area contributed by atoms with Gasteiger partial charge in [0.15, 0.2) is 0 Å². The molecule has 0 spiro atoms. The predicted molar refractivity (Wildman–Crippen MR) is 64.1 cm³/mol. The van der Waals surface area contributed by atoms with Crippen LogP contribution in [-0.2, 0) is 4.79 Å². The van der Waals surface area contributed by atoms with Crippen molar-refractivity contribution in [3.8, 4) is 0 Å². The summed E-state index contributed by atoms with van der Waals surface area (Å²) in [7, 11) is 1.85. The number of carbonyl (C=O) groups excluding carboxylic acids is 1. The van der Waals surface area contributed by atoms with Gasteiger partial charge in [-0.1, -0.05) is 19.8 Å². The highest BCUT2D eigenvalue weighted by atomic mass is 16.3. The summed E-state index contributed by atoms with van der Waals surface area (Å²) in [5.74, 6) is 0.676. The highest BCUT2D eigenvalue weighted by Crippen LogP contribution is 2.23. The number of likely N-dealkylation sites (N-methyl/N-ethyl adjacent to an activating group) is 1. The van der Waals surface area contributed by atoms with Crippen molar-refractivity contribution >= 4 is 5.91 Å². The molecule has 1 aliphatic rings. The topological polar surface area (TPSA) is 52.6 Å². The Labute approximate surface area is 98.0 Å². The molecule has 4 heteroatoms. The third-order valence-corrected chi connectivity index (χ3v) is 3.35. The molecule has 2 unspecified atom stereocenters. The van der Waals surface area contributed by atoms with E-state index in [4.69, 9.17) is 5.11 Å². The molecule has 1 aliphatic carbocycles. The minimum Gasteiger partial charge on any atom is -0.395 e. The number of nitrogens with one attached hydrogen (secondary N) is 1. The second-order valence-corrected chi connectivity index (χ2v) is 4.90. The summed E-state index contributed by atoms with van der Waals surface area (Å²) < 4.78 is 0. The van der Waals surface area contributed by atoms with Gasteiger partial charge in [-0.15, -0.1) is 0 Å². The first-order valence-corrected chi connectivity index (χ1v) is 6.22. The Bertz CT molecular complexity index is 221. The highest BCUT2D eigenvalue weighted by molar-refractivity contribution is 5.78. The Morgan fingerprint density at radius 2 is 2.12 bits per heavy atom. The van der Waals surface area contributed by atoms with Crippen molar-refractivity contribution in [1.29, 1.82) is 0 Å². The Balaban J connectivity index is 2.27. The summed E-state index contributed by atoms with van der Waals surface area (Å²) >= 11 is 0. The van der Waals surface area contributed by atoms with Crippen molar-refractivity contribution in [2.45, 2.75) is 38.6 Å². The van der Waals surface area contributed by atoms with Crippen LogP contribution in [0.2, 0.25) is 0 Å². The van der Waals surface area contributed by atoms with E-state index >= 15 is 0 Å². The minimum absolute atomic E-state index is 0.0784. The molecule has 1 amide bonds. The maximum Gasteiger partial charge on any atom is 0.234 e. The molecule has 0 heterocycles. The Morgan fingerprint density at radius 1 is 1.44 bits per heavy atom. The molecule has 1 rings (SSSR count). The molecule has 0 radical (unpaired) electrons. The molecule has 0 bridgehead atoms. The van der Waals surface area contributed by atoms with Crippen LogP contribution in [-0.4, -0.2) is 48.7 Å². The summed E-state index contributed by atoms with van der Waals surface area (Å²) in [5.41, 5.74) is 0. The number of aliphatic hydroxyl groups is 1. The Morgan fingerprint density at radius 3 is 2.75 bits per heavy atom. The van der Waals surface area contributed by atoms with E-state index in [1.807, 2.05) is 11.9 Å². The van der Waals surface area contributed by atoms with Crippen LogP contribution < -0.4 is 5.32 Å². The van der Waals surface area contributed by atoms with E-state index in [-0.39, 0.29) is 12.5 Å². The molecule has 0 aromatic rings. The molecule has 0 aromatic heterocycles. The minimum atomic E-state index is 0.0784. The van der Waals surface area contributed by atoms with Crippen LogP contribution in [0.5, 0.6) is 0 Å². The second-order valence-electron chi connectivity index (χ2n) is 4.90. The zero-order chi connectivity index (χ0) is 12.0. The average Bonchev–Trinajstić information content (AvgIpc) is 2.21. The van der Waals surface area contributed by atoms with E-state index in [9.17, 15) is 4.79 Å². The first kappa shape index (κ1) is 13.5. The lowest BCUT2D eigenvalue weighted by Crippen LogP contribution is -2.45. The summed E-state index contributed by atoms with van der Waals surface area (Å²) in [5, 5.41) is 11.8. The standard InChI is InChI=1S/C12H24N2O2/c1-10-5-3-4-6-11(10)13-12(16)9-14(2)7-8-15/h10-11,15H,3-9H2,1-2H3,(H,13,16). The summed E-state index contributed by atoms with van der Waals surface area (Å²) in [6.45, 7) is 3.24. The molecule has 1 saturated carbocycles. The van der Waals surface area contributed by atoms with Gasteiger partial charge in [0.25, 0.3) is 0 Å². The molecule has 0 aromatic carbocycles. The van der Waals surface area contributed by atoms with Crippen LogP contribution in [0, 0.1) is 5.92 Å². The lowest BCUT2D eigenvalue weighted by Gasteiger charge is -2.30. The maximum atomic E-state index is 11.7. The SMILES string of the molecule is CC1CCCCC1NC(=O)CN(C)CCO. The number of aliphatic hydroxyl groups excluding tert-OH is 1. The van der Waals surface area contributed by atoms with Crippen molar-refractivity contribution in [2.24, 2.45) is 5.92 Å². The third-order valence-electron chi connectivity index (χ3n) is 3.35. The van der Waals surface area contributed by atoms with Gasteiger partial charge in [0.1, 0.15) is 0 Å². The molecular formula is C12H24N2O2. The van der Waals surface area contributed by atoms with E-state index in [1.54, 1.807) is 0 Å². The lowest BCUT2D eigenvalue weighted by atomic mass is 9.86. The quantitative estimate of drug-likeness (QED) is 0.725. The van der Waals surface area contributed by atoms with Gasteiger partial charge >= 0.3 is 0 Å². The molecular weight excluding hydrogens is 204 g/mol. The van der Waals surface area contributed by atoms with Crippen LogP contribution in [0.3, 0.4) is 0 Å². The van der Waals surface area contributed by atoms with Crippen LogP contribution in [0.15, 0.2) is 0 Å². The van der Waals surface area contributed by atoms with Gasteiger partial charge in [-0.3, -0.25) is 9.69 Å². The van der Waals surface area contributed by atoms with Crippen LogP contribution in [0.1, 0.15) is 32.6 Å². The molecule has 1 fully saturated rings. The predicted octanol–water partition coefficient (Wildman–Crippen LogP) is 0.605. The Hall–Kier alpha value is -0.610. The van der Waals surface area contributed by atoms with Gasteiger partial charge in [-0.25, -0.2) is 0 Å². The Kier molecular flexibility index (Phi) is 5.77. The van der Waals surface area contributed by atoms with E-state index in [0.717, 1.165) is 6.42 Å². The van der Waals surface area contributed by atoms with E-state index in [0.29, 0.717) is 25.0 Å². The summed E-state index contributed by atoms with van der Waals surface area (Å²) in [4.78, 5) is 13.5. The fourth-order valence-corrected chi connectivity index (χ4v) is 2.28. The molecule has 2 atom stereocenters. The van der Waals surface area contributed by atoms with Crippen LogP contribution in [0.4, 0.5) is 0 Å². The average molecular weight is 228 g/mol. The number of rotatable bonds is 5. The van der Waals surface area contributed by atoms with Gasteiger partial charge in [-0.2, -0.15) is 0 Å². The monoisotopic (exact) mass is 228 g/mol. The van der Waals surface area contributed by atoms with Crippen molar-refractivity contribution in [1.82, 2.24) is 10.2 Å². The van der Waals surface area contributed by atoms with E-state index in [1.165, 1.54) is 19.3 Å². The third kappa shape index (κ3) is 4.49. The number of hydrogen-bond acceptors (Lipinski definition) is 3. The zero-order valence-corrected chi connectivity index (χ0v) is 10.4. The number of amides is 1. The molecule has 94 valence electrons. The summed E-state index contributed by atoms with van der Waals surface area (Å²) in [6.07, 6.45) is 4.84. The summed E-state index contributed by atoms with van der Waals surface area (Å²) in [6, 6.07) is 0.351. The largest absolute Gasteiger partial charge is 0.395 e. The molecule has 0 aliphatic heterocycles. The smallest absolute Gasteiger partial charge is 0.234 e.